The molecule has 1 heterocycles. The molecule has 0 saturated carbocycles. The van der Waals surface area contributed by atoms with Crippen molar-refractivity contribution in [2.75, 3.05) is 43.4 Å². The van der Waals surface area contributed by atoms with Crippen molar-refractivity contribution >= 4 is 17.3 Å². The van der Waals surface area contributed by atoms with Crippen LogP contribution in [0, 0.1) is 0 Å². The molecule has 1 amide bonds. The van der Waals surface area contributed by atoms with Crippen molar-refractivity contribution in [1.29, 1.82) is 0 Å². The van der Waals surface area contributed by atoms with Gasteiger partial charge in [0.05, 0.1) is 0 Å². The van der Waals surface area contributed by atoms with Crippen LogP contribution in [-0.2, 0) is 4.79 Å². The number of carbonyl (C=O) groups is 1. The van der Waals surface area contributed by atoms with Gasteiger partial charge in [-0.2, -0.15) is 0 Å². The van der Waals surface area contributed by atoms with Crippen molar-refractivity contribution in [3.63, 3.8) is 0 Å². The molecule has 5 heteroatoms. The van der Waals surface area contributed by atoms with Gasteiger partial charge in [-0.05, 0) is 61.5 Å². The van der Waals surface area contributed by atoms with Crippen LogP contribution < -0.4 is 15.0 Å². The van der Waals surface area contributed by atoms with Gasteiger partial charge in [-0.25, -0.2) is 0 Å². The molecule has 1 aliphatic heterocycles. The average Bonchev–Trinajstić information content (AvgIpc) is 2.81. The first-order chi connectivity index (χ1) is 15.1. The zero-order chi connectivity index (χ0) is 21.6. The van der Waals surface area contributed by atoms with Crippen molar-refractivity contribution in [2.45, 2.75) is 13.0 Å². The number of amides is 1. The predicted molar refractivity (Wildman–Crippen MR) is 127 cm³/mol. The first kappa shape index (κ1) is 20.9. The normalized spacial score (nSPS) is 15.4. The molecule has 4 rings (SSSR count). The minimum atomic E-state index is -0.597. The summed E-state index contributed by atoms with van der Waals surface area (Å²) in [5, 5.41) is 2.95. The van der Waals surface area contributed by atoms with Gasteiger partial charge in [-0.15, -0.1) is 0 Å². The van der Waals surface area contributed by atoms with E-state index in [9.17, 15) is 4.79 Å². The summed E-state index contributed by atoms with van der Waals surface area (Å²) in [6, 6.07) is 26.0. The summed E-state index contributed by atoms with van der Waals surface area (Å²) in [6.45, 7) is 5.95. The lowest BCUT2D eigenvalue weighted by Crippen LogP contribution is -2.44. The molecule has 31 heavy (non-hydrogen) atoms. The minimum Gasteiger partial charge on any atom is -0.481 e. The zero-order valence-corrected chi connectivity index (χ0v) is 18.1. The maximum absolute atomic E-state index is 12.6. The van der Waals surface area contributed by atoms with Crippen LogP contribution >= 0.6 is 0 Å². The maximum atomic E-state index is 12.6. The molecule has 5 nitrogen and oxygen atoms in total. The lowest BCUT2D eigenvalue weighted by molar-refractivity contribution is -0.122. The molecule has 0 bridgehead atoms. The summed E-state index contributed by atoms with van der Waals surface area (Å²) in [5.74, 6) is 0.507. The molecule has 1 fully saturated rings. The third-order valence-electron chi connectivity index (χ3n) is 5.65. The third-order valence-corrected chi connectivity index (χ3v) is 5.65. The summed E-state index contributed by atoms with van der Waals surface area (Å²) < 4.78 is 5.84. The highest BCUT2D eigenvalue weighted by Gasteiger charge is 2.16. The summed E-state index contributed by atoms with van der Waals surface area (Å²) in [4.78, 5) is 17.3. The van der Waals surface area contributed by atoms with Crippen molar-refractivity contribution in [2.24, 2.45) is 0 Å². The number of nitrogens with one attached hydrogen (secondary N) is 1. The van der Waals surface area contributed by atoms with Crippen molar-refractivity contribution in [3.8, 4) is 16.9 Å². The number of benzene rings is 3. The Morgan fingerprint density at radius 2 is 1.45 bits per heavy atom. The van der Waals surface area contributed by atoms with Crippen molar-refractivity contribution in [1.82, 2.24) is 4.90 Å². The fourth-order valence-electron chi connectivity index (χ4n) is 3.68. The Kier molecular flexibility index (Phi) is 6.53. The molecule has 1 saturated heterocycles. The van der Waals surface area contributed by atoms with Crippen LogP contribution in [-0.4, -0.2) is 50.1 Å². The van der Waals surface area contributed by atoms with E-state index < -0.39 is 6.10 Å². The van der Waals surface area contributed by atoms with Gasteiger partial charge in [0.1, 0.15) is 5.75 Å². The maximum Gasteiger partial charge on any atom is 0.265 e. The molecule has 0 radical (unpaired) electrons. The zero-order valence-electron chi connectivity index (χ0n) is 18.1. The molecule has 3 aromatic rings. The highest BCUT2D eigenvalue weighted by atomic mass is 16.5. The summed E-state index contributed by atoms with van der Waals surface area (Å²) in [5.41, 5.74) is 4.23. The van der Waals surface area contributed by atoms with Gasteiger partial charge in [0.15, 0.2) is 6.10 Å². The Morgan fingerprint density at radius 1 is 0.839 bits per heavy atom. The Labute approximate surface area is 184 Å². The van der Waals surface area contributed by atoms with E-state index in [2.05, 4.69) is 46.4 Å². The van der Waals surface area contributed by atoms with Gasteiger partial charge in [-0.1, -0.05) is 42.5 Å². The van der Waals surface area contributed by atoms with Gasteiger partial charge >= 0.3 is 0 Å². The molecular formula is C26H29N3O2. The highest BCUT2D eigenvalue weighted by molar-refractivity contribution is 5.94. The molecule has 1 aliphatic rings. The van der Waals surface area contributed by atoms with Crippen LogP contribution in [0.25, 0.3) is 11.1 Å². The second-order valence-electron chi connectivity index (χ2n) is 7.98. The Hall–Kier alpha value is -3.31. The van der Waals surface area contributed by atoms with Gasteiger partial charge in [0, 0.05) is 37.6 Å². The van der Waals surface area contributed by atoms with E-state index in [1.165, 1.54) is 5.69 Å². The standard InChI is InChI=1S/C26H29N3O2/c1-20(31-25-14-8-22(9-15-25)21-6-4-3-5-7-21)26(30)27-23-10-12-24(13-11-23)29-18-16-28(2)17-19-29/h3-15,20H,16-19H2,1-2H3,(H,27,30). The number of anilines is 2. The molecule has 1 N–H and O–H groups in total. The van der Waals surface area contributed by atoms with E-state index in [1.807, 2.05) is 54.6 Å². The topological polar surface area (TPSA) is 44.8 Å². The van der Waals surface area contributed by atoms with E-state index in [4.69, 9.17) is 4.74 Å². The van der Waals surface area contributed by atoms with E-state index in [1.54, 1.807) is 6.92 Å². The Morgan fingerprint density at radius 3 is 2.10 bits per heavy atom. The Balaban J connectivity index is 1.31. The molecule has 0 spiro atoms. The van der Waals surface area contributed by atoms with E-state index in [0.717, 1.165) is 43.0 Å². The van der Waals surface area contributed by atoms with Crippen LogP contribution in [0.15, 0.2) is 78.9 Å². The van der Waals surface area contributed by atoms with E-state index in [0.29, 0.717) is 5.75 Å². The number of ether oxygens (including phenoxy) is 1. The second kappa shape index (κ2) is 9.67. The predicted octanol–water partition coefficient (Wildman–Crippen LogP) is 4.51. The van der Waals surface area contributed by atoms with Gasteiger partial charge < -0.3 is 19.9 Å². The largest absolute Gasteiger partial charge is 0.481 e. The van der Waals surface area contributed by atoms with Gasteiger partial charge in [0.2, 0.25) is 0 Å². The molecule has 160 valence electrons. The number of hydrogen-bond donors (Lipinski definition) is 1. The second-order valence-corrected chi connectivity index (χ2v) is 7.98. The number of nitrogens with zero attached hydrogens (tertiary/aromatic N) is 2. The molecular weight excluding hydrogens is 386 g/mol. The van der Waals surface area contributed by atoms with Crippen LogP contribution in [0.3, 0.4) is 0 Å². The average molecular weight is 416 g/mol. The molecule has 0 aromatic heterocycles. The Bertz CT molecular complexity index is 979. The molecule has 1 atom stereocenters. The number of rotatable bonds is 6. The van der Waals surface area contributed by atoms with Crippen LogP contribution in [0.1, 0.15) is 6.92 Å². The quantitative estimate of drug-likeness (QED) is 0.643. The molecule has 0 aliphatic carbocycles. The molecule has 1 unspecified atom stereocenters. The lowest BCUT2D eigenvalue weighted by Gasteiger charge is -2.34. The summed E-state index contributed by atoms with van der Waals surface area (Å²) in [6.07, 6.45) is -0.597. The number of piperazine rings is 1. The number of hydrogen-bond acceptors (Lipinski definition) is 4. The van der Waals surface area contributed by atoms with Gasteiger partial charge in [0.25, 0.3) is 5.91 Å². The number of likely N-dealkylation sites (N-methyl/N-ethyl adjacent to an activating group) is 1. The van der Waals surface area contributed by atoms with Gasteiger partial charge in [-0.3, -0.25) is 4.79 Å². The van der Waals surface area contributed by atoms with E-state index >= 15 is 0 Å². The minimum absolute atomic E-state index is 0.167. The van der Waals surface area contributed by atoms with Crippen LogP contribution in [0.4, 0.5) is 11.4 Å². The smallest absolute Gasteiger partial charge is 0.265 e. The SMILES string of the molecule is CC(Oc1ccc(-c2ccccc2)cc1)C(=O)Nc1ccc(N2CCN(C)CC2)cc1. The monoisotopic (exact) mass is 415 g/mol. The van der Waals surface area contributed by atoms with Crippen molar-refractivity contribution < 1.29 is 9.53 Å². The number of carbonyl (C=O) groups excluding carboxylic acids is 1. The molecule has 3 aromatic carbocycles. The van der Waals surface area contributed by atoms with Crippen molar-refractivity contribution in [3.05, 3.63) is 78.9 Å². The first-order valence-electron chi connectivity index (χ1n) is 10.7. The lowest BCUT2D eigenvalue weighted by atomic mass is 10.1. The van der Waals surface area contributed by atoms with Crippen LogP contribution in [0.2, 0.25) is 0 Å². The summed E-state index contributed by atoms with van der Waals surface area (Å²) in [7, 11) is 2.15. The fourth-order valence-corrected chi connectivity index (χ4v) is 3.68. The summed E-state index contributed by atoms with van der Waals surface area (Å²) >= 11 is 0. The van der Waals surface area contributed by atoms with E-state index in [-0.39, 0.29) is 5.91 Å². The first-order valence-corrected chi connectivity index (χ1v) is 10.7. The fraction of sp³-hybridized carbons (Fsp3) is 0.269. The highest BCUT2D eigenvalue weighted by Crippen LogP contribution is 2.23. The van der Waals surface area contributed by atoms with Crippen LogP contribution in [0.5, 0.6) is 5.75 Å². The third kappa shape index (κ3) is 5.44.